The Morgan fingerprint density at radius 3 is 2.79 bits per heavy atom. The van der Waals surface area contributed by atoms with E-state index in [1.54, 1.807) is 11.3 Å². The van der Waals surface area contributed by atoms with Crippen molar-refractivity contribution in [2.45, 2.75) is 19.9 Å². The molecule has 0 saturated heterocycles. The number of benzene rings is 1. The van der Waals surface area contributed by atoms with E-state index in [-0.39, 0.29) is 6.04 Å². The highest BCUT2D eigenvalue weighted by Crippen LogP contribution is 2.33. The molecule has 0 radical (unpaired) electrons. The lowest BCUT2D eigenvalue weighted by molar-refractivity contribution is 0.680. The van der Waals surface area contributed by atoms with Crippen LogP contribution in [0.1, 0.15) is 23.4 Å². The Hall–Kier alpha value is -1.52. The van der Waals surface area contributed by atoms with Crippen molar-refractivity contribution in [3.05, 3.63) is 45.1 Å². The molecule has 1 unspecified atom stereocenters. The Morgan fingerprint density at radius 1 is 1.32 bits per heavy atom. The molecule has 3 rings (SSSR count). The van der Waals surface area contributed by atoms with Gasteiger partial charge in [0.2, 0.25) is 5.95 Å². The summed E-state index contributed by atoms with van der Waals surface area (Å²) in [5.41, 5.74) is 9.26. The maximum atomic E-state index is 6.07. The van der Waals surface area contributed by atoms with Gasteiger partial charge < -0.3 is 10.3 Å². The fourth-order valence-corrected chi connectivity index (χ4v) is 3.41. The molecule has 0 spiro atoms. The molecule has 3 aromatic rings. The second-order valence-corrected chi connectivity index (χ2v) is 6.40. The third kappa shape index (κ3) is 2.11. The van der Waals surface area contributed by atoms with Gasteiger partial charge in [-0.2, -0.15) is 0 Å². The summed E-state index contributed by atoms with van der Waals surface area (Å²) in [4.78, 5) is 5.60. The maximum Gasteiger partial charge on any atom is 0.201 e. The lowest BCUT2D eigenvalue weighted by Gasteiger charge is -2.14. The van der Waals surface area contributed by atoms with Gasteiger partial charge >= 0.3 is 0 Å². The van der Waals surface area contributed by atoms with Crippen molar-refractivity contribution < 1.29 is 0 Å². The van der Waals surface area contributed by atoms with Gasteiger partial charge in [0.15, 0.2) is 0 Å². The van der Waals surface area contributed by atoms with Crippen LogP contribution in [-0.4, -0.2) is 9.55 Å². The molecule has 0 aliphatic heterocycles. The van der Waals surface area contributed by atoms with E-state index in [1.165, 1.54) is 10.4 Å². The Balaban J connectivity index is 2.18. The van der Waals surface area contributed by atoms with Crippen LogP contribution in [0.25, 0.3) is 11.0 Å². The number of nitrogens with two attached hydrogens (primary N) is 1. The number of hydrogen-bond donors (Lipinski definition) is 1. The number of aromatic nitrogens is 2. The first-order valence-electron chi connectivity index (χ1n) is 6.05. The largest absolute Gasteiger partial charge is 0.369 e. The third-order valence-electron chi connectivity index (χ3n) is 3.27. The average molecular weight is 292 g/mol. The summed E-state index contributed by atoms with van der Waals surface area (Å²) in [7, 11) is 0. The average Bonchev–Trinajstić information content (AvgIpc) is 2.91. The van der Waals surface area contributed by atoms with E-state index in [4.69, 9.17) is 17.3 Å². The highest BCUT2D eigenvalue weighted by atomic mass is 35.5. The minimum absolute atomic E-state index is 0.129. The smallest absolute Gasteiger partial charge is 0.201 e. The molecular formula is C14H14ClN3S. The molecule has 98 valence electrons. The number of nitrogens with zero attached hydrogens (tertiary/aromatic N) is 2. The number of rotatable bonds is 2. The van der Waals surface area contributed by atoms with Gasteiger partial charge in [0, 0.05) is 4.88 Å². The van der Waals surface area contributed by atoms with Crippen LogP contribution in [0.15, 0.2) is 30.3 Å². The topological polar surface area (TPSA) is 43.8 Å². The van der Waals surface area contributed by atoms with Gasteiger partial charge in [0.1, 0.15) is 0 Å². The fraction of sp³-hybridized carbons (Fsp3) is 0.214. The molecule has 0 aliphatic carbocycles. The van der Waals surface area contributed by atoms with Crippen LogP contribution in [0.3, 0.4) is 0 Å². The molecule has 2 N–H and O–H groups in total. The number of fused-ring (bicyclic) bond motifs is 1. The van der Waals surface area contributed by atoms with Crippen molar-refractivity contribution in [3.8, 4) is 0 Å². The molecule has 1 aromatic carbocycles. The molecular weight excluding hydrogens is 278 g/mol. The van der Waals surface area contributed by atoms with Crippen molar-refractivity contribution in [2.75, 3.05) is 5.73 Å². The Kier molecular flexibility index (Phi) is 2.99. The van der Waals surface area contributed by atoms with Crippen molar-refractivity contribution in [1.82, 2.24) is 9.55 Å². The first-order valence-corrected chi connectivity index (χ1v) is 7.25. The lowest BCUT2D eigenvalue weighted by Crippen LogP contribution is -2.08. The number of aryl methyl sites for hydroxylation is 1. The highest BCUT2D eigenvalue weighted by molar-refractivity contribution is 7.16. The summed E-state index contributed by atoms with van der Waals surface area (Å²) >= 11 is 7.59. The van der Waals surface area contributed by atoms with Crippen molar-refractivity contribution in [1.29, 1.82) is 0 Å². The number of hydrogen-bond acceptors (Lipinski definition) is 3. The number of anilines is 1. The molecule has 0 amide bonds. The molecule has 5 heteroatoms. The summed E-state index contributed by atoms with van der Waals surface area (Å²) in [5, 5.41) is 0. The quantitative estimate of drug-likeness (QED) is 0.767. The molecule has 1 atom stereocenters. The van der Waals surface area contributed by atoms with Crippen LogP contribution in [-0.2, 0) is 0 Å². The van der Waals surface area contributed by atoms with Gasteiger partial charge in [-0.3, -0.25) is 0 Å². The van der Waals surface area contributed by atoms with Crippen LogP contribution in [0.5, 0.6) is 0 Å². The molecule has 0 aliphatic rings. The van der Waals surface area contributed by atoms with Crippen molar-refractivity contribution in [2.24, 2.45) is 0 Å². The molecule has 0 fully saturated rings. The van der Waals surface area contributed by atoms with E-state index in [2.05, 4.69) is 29.5 Å². The summed E-state index contributed by atoms with van der Waals surface area (Å²) in [6.45, 7) is 4.18. The van der Waals surface area contributed by atoms with E-state index in [0.717, 1.165) is 15.4 Å². The van der Waals surface area contributed by atoms with Gasteiger partial charge in [-0.15, -0.1) is 11.3 Å². The zero-order valence-electron chi connectivity index (χ0n) is 10.7. The zero-order valence-corrected chi connectivity index (χ0v) is 12.3. The third-order valence-corrected chi connectivity index (χ3v) is 4.67. The van der Waals surface area contributed by atoms with E-state index >= 15 is 0 Å². The SMILES string of the molecule is Cc1ccc2nc(N)n(C(C)c3ccc(Cl)s3)c2c1. The first kappa shape index (κ1) is 12.5. The van der Waals surface area contributed by atoms with Gasteiger partial charge in [0.25, 0.3) is 0 Å². The summed E-state index contributed by atoms with van der Waals surface area (Å²) < 4.78 is 2.85. The number of nitrogen functional groups attached to an aromatic ring is 1. The first-order chi connectivity index (χ1) is 9.06. The Bertz CT molecular complexity index is 744. The molecule has 3 nitrogen and oxygen atoms in total. The minimum Gasteiger partial charge on any atom is -0.369 e. The van der Waals surface area contributed by atoms with Crippen LogP contribution in [0, 0.1) is 6.92 Å². The normalized spacial score (nSPS) is 13.0. The molecule has 19 heavy (non-hydrogen) atoms. The van der Waals surface area contributed by atoms with Crippen LogP contribution in [0.2, 0.25) is 4.34 Å². The predicted molar refractivity (Wildman–Crippen MR) is 82.0 cm³/mol. The van der Waals surface area contributed by atoms with E-state index in [1.807, 2.05) is 24.3 Å². The zero-order chi connectivity index (χ0) is 13.6. The maximum absolute atomic E-state index is 6.07. The summed E-state index contributed by atoms with van der Waals surface area (Å²) in [5.74, 6) is 0.539. The number of thiophene rings is 1. The fourth-order valence-electron chi connectivity index (χ4n) is 2.31. The van der Waals surface area contributed by atoms with Gasteiger partial charge in [-0.1, -0.05) is 17.7 Å². The number of imidazole rings is 1. The Labute approximate surface area is 120 Å². The lowest BCUT2D eigenvalue weighted by atomic mass is 10.2. The standard InChI is InChI=1S/C14H14ClN3S/c1-8-3-4-10-11(7-8)18(14(16)17-10)9(2)12-5-6-13(15)19-12/h3-7,9H,1-2H3,(H2,16,17). The molecule has 0 bridgehead atoms. The van der Waals surface area contributed by atoms with E-state index in [0.29, 0.717) is 5.95 Å². The van der Waals surface area contributed by atoms with Crippen LogP contribution >= 0.6 is 22.9 Å². The predicted octanol–water partition coefficient (Wildman–Crippen LogP) is 4.25. The van der Waals surface area contributed by atoms with Crippen LogP contribution in [0.4, 0.5) is 5.95 Å². The van der Waals surface area contributed by atoms with Crippen molar-refractivity contribution >= 4 is 39.9 Å². The molecule has 2 heterocycles. The second kappa shape index (κ2) is 4.54. The van der Waals surface area contributed by atoms with E-state index in [9.17, 15) is 0 Å². The summed E-state index contributed by atoms with van der Waals surface area (Å²) in [6.07, 6.45) is 0. The molecule has 2 aromatic heterocycles. The van der Waals surface area contributed by atoms with Crippen molar-refractivity contribution in [3.63, 3.8) is 0 Å². The van der Waals surface area contributed by atoms with Gasteiger partial charge in [-0.05, 0) is 43.7 Å². The highest BCUT2D eigenvalue weighted by Gasteiger charge is 2.17. The summed E-state index contributed by atoms with van der Waals surface area (Å²) in [6, 6.07) is 10.3. The molecule has 0 saturated carbocycles. The Morgan fingerprint density at radius 2 is 2.11 bits per heavy atom. The van der Waals surface area contributed by atoms with E-state index < -0.39 is 0 Å². The van der Waals surface area contributed by atoms with Crippen LogP contribution < -0.4 is 5.73 Å². The second-order valence-electron chi connectivity index (χ2n) is 4.65. The monoisotopic (exact) mass is 291 g/mol. The van der Waals surface area contributed by atoms with Gasteiger partial charge in [-0.25, -0.2) is 4.98 Å². The number of halogens is 1. The van der Waals surface area contributed by atoms with Gasteiger partial charge in [0.05, 0.1) is 21.4 Å². The minimum atomic E-state index is 0.129.